The highest BCUT2D eigenvalue weighted by Crippen LogP contribution is 2.25. The molecule has 1 amide bonds. The lowest BCUT2D eigenvalue weighted by atomic mass is 10.3. The number of carbonyl (C=O) groups is 2. The van der Waals surface area contributed by atoms with Gasteiger partial charge in [0.1, 0.15) is 0 Å². The van der Waals surface area contributed by atoms with Crippen LogP contribution in [0.2, 0.25) is 0 Å². The van der Waals surface area contributed by atoms with Crippen molar-refractivity contribution in [3.63, 3.8) is 0 Å². The molecule has 2 rings (SSSR count). The lowest BCUT2D eigenvalue weighted by Gasteiger charge is -2.07. The number of nitrogens with zero attached hydrogens (tertiary/aromatic N) is 1. The van der Waals surface area contributed by atoms with Gasteiger partial charge in [-0.25, -0.2) is 0 Å². The average Bonchev–Trinajstić information content (AvgIpc) is 2.35. The minimum absolute atomic E-state index is 0.0584. The molecule has 2 aliphatic heterocycles. The Morgan fingerprint density at radius 1 is 1.30 bits per heavy atom. The third kappa shape index (κ3) is 0.602. The maximum absolute atomic E-state index is 10.9. The van der Waals surface area contributed by atoms with Gasteiger partial charge in [0.25, 0.3) is 0 Å². The fourth-order valence-electron chi connectivity index (χ4n) is 1.39. The van der Waals surface area contributed by atoms with Crippen LogP contribution in [0, 0.1) is 0 Å². The minimum atomic E-state index is 0.0584. The molecule has 3 nitrogen and oxygen atoms in total. The highest BCUT2D eigenvalue weighted by Gasteiger charge is 2.31. The highest BCUT2D eigenvalue weighted by molar-refractivity contribution is 6.00. The van der Waals surface area contributed by atoms with Crippen LogP contribution in [-0.4, -0.2) is 23.1 Å². The molecule has 0 aromatic rings. The molecule has 0 aromatic carbocycles. The average molecular weight is 137 g/mol. The molecule has 0 aliphatic carbocycles. The van der Waals surface area contributed by atoms with Crippen molar-refractivity contribution in [3.05, 3.63) is 11.8 Å². The van der Waals surface area contributed by atoms with Crippen LogP contribution in [-0.2, 0) is 9.59 Å². The van der Waals surface area contributed by atoms with E-state index in [4.69, 9.17) is 0 Å². The quantitative estimate of drug-likeness (QED) is 0.474. The fourth-order valence-corrected chi connectivity index (χ4v) is 1.39. The van der Waals surface area contributed by atoms with Gasteiger partial charge in [0.2, 0.25) is 5.91 Å². The summed E-state index contributed by atoms with van der Waals surface area (Å²) in [4.78, 5) is 23.2. The van der Waals surface area contributed by atoms with Crippen molar-refractivity contribution in [1.29, 1.82) is 0 Å². The zero-order valence-corrected chi connectivity index (χ0v) is 5.46. The lowest BCUT2D eigenvalue weighted by molar-refractivity contribution is -0.128. The monoisotopic (exact) mass is 137 g/mol. The van der Waals surface area contributed by atoms with Crippen LogP contribution in [0.25, 0.3) is 0 Å². The summed E-state index contributed by atoms with van der Waals surface area (Å²) in [5, 5.41) is 0. The number of allylic oxidation sites excluding steroid dienone is 1. The van der Waals surface area contributed by atoms with E-state index in [2.05, 4.69) is 0 Å². The first kappa shape index (κ1) is 5.65. The molecule has 0 aromatic heterocycles. The van der Waals surface area contributed by atoms with E-state index >= 15 is 0 Å². The standard InChI is InChI=1S/C7H7NO2/c9-6-3-5-1-2-7(10)8(5)4-6/h3H,1-2,4H2. The number of ketones is 1. The zero-order valence-electron chi connectivity index (χ0n) is 5.46. The van der Waals surface area contributed by atoms with Gasteiger partial charge in [-0.2, -0.15) is 0 Å². The zero-order chi connectivity index (χ0) is 7.14. The van der Waals surface area contributed by atoms with E-state index in [-0.39, 0.29) is 18.2 Å². The molecule has 0 unspecified atom stereocenters. The molecule has 0 bridgehead atoms. The molecule has 0 saturated carbocycles. The van der Waals surface area contributed by atoms with Crippen molar-refractivity contribution in [3.8, 4) is 0 Å². The molecule has 52 valence electrons. The Labute approximate surface area is 58.3 Å². The van der Waals surface area contributed by atoms with Gasteiger partial charge in [0.15, 0.2) is 5.78 Å². The SMILES string of the molecule is O=C1C=C2CCC(=O)N2C1. The van der Waals surface area contributed by atoms with Gasteiger partial charge in [0, 0.05) is 18.2 Å². The van der Waals surface area contributed by atoms with Gasteiger partial charge in [-0.15, -0.1) is 0 Å². The van der Waals surface area contributed by atoms with Crippen LogP contribution in [0.3, 0.4) is 0 Å². The van der Waals surface area contributed by atoms with Gasteiger partial charge < -0.3 is 4.90 Å². The van der Waals surface area contributed by atoms with Crippen LogP contribution in [0.4, 0.5) is 0 Å². The van der Waals surface area contributed by atoms with Crippen LogP contribution >= 0.6 is 0 Å². The molecule has 0 N–H and O–H groups in total. The molecule has 2 heterocycles. The number of amides is 1. The van der Waals surface area contributed by atoms with Crippen molar-refractivity contribution in [2.75, 3.05) is 6.54 Å². The van der Waals surface area contributed by atoms with Gasteiger partial charge >= 0.3 is 0 Å². The van der Waals surface area contributed by atoms with E-state index in [1.807, 2.05) is 0 Å². The van der Waals surface area contributed by atoms with Crippen LogP contribution in [0.15, 0.2) is 11.8 Å². The molecular weight excluding hydrogens is 130 g/mol. The third-order valence-corrected chi connectivity index (χ3v) is 1.88. The van der Waals surface area contributed by atoms with Crippen LogP contribution in [0.1, 0.15) is 12.8 Å². The summed E-state index contributed by atoms with van der Waals surface area (Å²) in [6, 6.07) is 0. The Balaban J connectivity index is 2.34. The second-order valence-electron chi connectivity index (χ2n) is 2.58. The molecule has 3 heteroatoms. The molecule has 10 heavy (non-hydrogen) atoms. The largest absolute Gasteiger partial charge is 0.308 e. The second-order valence-corrected chi connectivity index (χ2v) is 2.58. The van der Waals surface area contributed by atoms with E-state index in [1.165, 1.54) is 0 Å². The van der Waals surface area contributed by atoms with Gasteiger partial charge in [-0.3, -0.25) is 9.59 Å². The maximum Gasteiger partial charge on any atom is 0.227 e. The summed E-state index contributed by atoms with van der Waals surface area (Å²) in [5.74, 6) is 0.153. The lowest BCUT2D eigenvalue weighted by Crippen LogP contribution is -2.22. The molecular formula is C7H7NO2. The van der Waals surface area contributed by atoms with E-state index in [0.717, 1.165) is 12.1 Å². The molecule has 0 spiro atoms. The smallest absolute Gasteiger partial charge is 0.227 e. The number of hydrogen-bond acceptors (Lipinski definition) is 2. The van der Waals surface area contributed by atoms with Gasteiger partial charge in [-0.1, -0.05) is 0 Å². The number of hydrogen-bond donors (Lipinski definition) is 0. The Morgan fingerprint density at radius 2 is 2.10 bits per heavy atom. The Morgan fingerprint density at radius 3 is 2.80 bits per heavy atom. The molecule has 1 saturated heterocycles. The van der Waals surface area contributed by atoms with Crippen molar-refractivity contribution in [2.24, 2.45) is 0 Å². The van der Waals surface area contributed by atoms with E-state index < -0.39 is 0 Å². The Kier molecular flexibility index (Phi) is 0.952. The van der Waals surface area contributed by atoms with E-state index in [0.29, 0.717) is 6.42 Å². The summed E-state index contributed by atoms with van der Waals surface area (Å²) >= 11 is 0. The normalized spacial score (nSPS) is 23.6. The van der Waals surface area contributed by atoms with Gasteiger partial charge in [0.05, 0.1) is 6.54 Å². The van der Waals surface area contributed by atoms with E-state index in [1.54, 1.807) is 11.0 Å². The third-order valence-electron chi connectivity index (χ3n) is 1.88. The number of rotatable bonds is 0. The Bertz CT molecular complexity index is 242. The van der Waals surface area contributed by atoms with Crippen molar-refractivity contribution < 1.29 is 9.59 Å². The summed E-state index contributed by atoms with van der Waals surface area (Å²) < 4.78 is 0. The summed E-state index contributed by atoms with van der Waals surface area (Å²) in [6.07, 6.45) is 2.91. The topological polar surface area (TPSA) is 37.4 Å². The van der Waals surface area contributed by atoms with E-state index in [9.17, 15) is 9.59 Å². The predicted octanol–water partition coefficient (Wildman–Crippen LogP) is 0.0754. The first-order valence-corrected chi connectivity index (χ1v) is 3.31. The first-order valence-electron chi connectivity index (χ1n) is 3.31. The van der Waals surface area contributed by atoms with Crippen LogP contribution in [0.5, 0.6) is 0 Å². The second kappa shape index (κ2) is 1.68. The van der Waals surface area contributed by atoms with Crippen molar-refractivity contribution in [1.82, 2.24) is 4.90 Å². The fraction of sp³-hybridized carbons (Fsp3) is 0.429. The first-order chi connectivity index (χ1) is 4.77. The van der Waals surface area contributed by atoms with Crippen LogP contribution < -0.4 is 0 Å². The molecule has 0 atom stereocenters. The van der Waals surface area contributed by atoms with Crippen molar-refractivity contribution >= 4 is 11.7 Å². The predicted molar refractivity (Wildman–Crippen MR) is 34.0 cm³/mol. The van der Waals surface area contributed by atoms with Gasteiger partial charge in [-0.05, 0) is 6.42 Å². The summed E-state index contributed by atoms with van der Waals surface area (Å²) in [6.45, 7) is 0.286. The maximum atomic E-state index is 10.9. The summed E-state index contributed by atoms with van der Waals surface area (Å²) in [7, 11) is 0. The Hall–Kier alpha value is -1.12. The number of carbonyl (C=O) groups excluding carboxylic acids is 2. The minimum Gasteiger partial charge on any atom is -0.308 e. The number of fused-ring (bicyclic) bond motifs is 1. The van der Waals surface area contributed by atoms with Crippen molar-refractivity contribution in [2.45, 2.75) is 12.8 Å². The summed E-state index contributed by atoms with van der Waals surface area (Å²) in [5.41, 5.74) is 0.912. The molecule has 0 radical (unpaired) electrons. The highest BCUT2D eigenvalue weighted by atomic mass is 16.2. The molecule has 1 fully saturated rings. The molecule has 2 aliphatic rings.